The quantitative estimate of drug-likeness (QED) is 0.153. The van der Waals surface area contributed by atoms with Gasteiger partial charge in [0.1, 0.15) is 5.82 Å². The Morgan fingerprint density at radius 3 is 2.39 bits per heavy atom. The molecule has 2 N–H and O–H groups in total. The lowest BCUT2D eigenvalue weighted by molar-refractivity contribution is -0.117. The molecule has 0 aliphatic heterocycles. The third-order valence-corrected chi connectivity index (χ3v) is 9.57. The van der Waals surface area contributed by atoms with Gasteiger partial charge in [-0.1, -0.05) is 61.5 Å². The number of imidazole rings is 1. The van der Waals surface area contributed by atoms with Gasteiger partial charge in [0.05, 0.1) is 28.2 Å². The summed E-state index contributed by atoms with van der Waals surface area (Å²) in [7, 11) is -4.06. The largest absolute Gasteiger partial charge is 0.348 e. The van der Waals surface area contributed by atoms with Crippen LogP contribution in [0, 0.1) is 6.92 Å². The van der Waals surface area contributed by atoms with Gasteiger partial charge in [0.2, 0.25) is 5.91 Å². The van der Waals surface area contributed by atoms with Crippen molar-refractivity contribution in [2.24, 2.45) is 0 Å². The zero-order valence-corrected chi connectivity index (χ0v) is 27.7. The van der Waals surface area contributed by atoms with E-state index in [1.807, 2.05) is 60.2 Å². The van der Waals surface area contributed by atoms with Gasteiger partial charge in [-0.25, -0.2) is 18.1 Å². The molecule has 0 aliphatic rings. The first-order valence-electron chi connectivity index (χ1n) is 15.1. The predicted molar refractivity (Wildman–Crippen MR) is 183 cm³/mol. The van der Waals surface area contributed by atoms with Crippen molar-refractivity contribution in [3.63, 3.8) is 0 Å². The first-order chi connectivity index (χ1) is 22.1. The van der Waals surface area contributed by atoms with Crippen LogP contribution in [0.4, 0.5) is 0 Å². The highest BCUT2D eigenvalue weighted by atomic mass is 32.2. The summed E-state index contributed by atoms with van der Waals surface area (Å²) in [6, 6.07) is 23.8. The van der Waals surface area contributed by atoms with Crippen molar-refractivity contribution in [2.75, 3.05) is 5.75 Å². The number of carbonyl (C=O) groups excluding carboxylic acids is 2. The first kappa shape index (κ1) is 32.9. The fraction of sp³-hybridized carbons (Fsp3) is 0.257. The molecule has 46 heavy (non-hydrogen) atoms. The standard InChI is InChI=1S/C35H37N5O4S2/c1-4-10-33-38-34-23(2)17-27(35(42)37-28(22-45)18-25-11-6-5-7-12-25)19-31(34)40(33)21-26-15-16-30(36-20-26)29-13-8-9-14-32(29)46(43,44)39-24(3)41/h5-9,11-17,19-20,28,45H,4,10,18,21-22H2,1-3H3,(H,37,42)(H,39,41)/t28-/m1/s1. The molecule has 2 heterocycles. The second-order valence-corrected chi connectivity index (χ2v) is 13.3. The Balaban J connectivity index is 1.44. The van der Waals surface area contributed by atoms with Gasteiger partial charge in [-0.3, -0.25) is 14.6 Å². The number of aryl methyl sites for hydroxylation is 2. The molecule has 0 saturated carbocycles. The number of carbonyl (C=O) groups is 2. The lowest BCUT2D eigenvalue weighted by Gasteiger charge is -2.17. The number of sulfonamides is 1. The number of rotatable bonds is 12. The number of hydrogen-bond donors (Lipinski definition) is 3. The Morgan fingerprint density at radius 1 is 0.978 bits per heavy atom. The van der Waals surface area contributed by atoms with E-state index in [1.54, 1.807) is 30.5 Å². The summed E-state index contributed by atoms with van der Waals surface area (Å²) in [6.45, 7) is 5.68. The molecule has 0 bridgehead atoms. The number of nitrogens with zero attached hydrogens (tertiary/aromatic N) is 3. The van der Waals surface area contributed by atoms with Crippen molar-refractivity contribution in [3.05, 3.63) is 113 Å². The van der Waals surface area contributed by atoms with E-state index in [0.29, 0.717) is 35.5 Å². The molecule has 5 rings (SSSR count). The predicted octanol–water partition coefficient (Wildman–Crippen LogP) is 5.50. The maximum absolute atomic E-state index is 13.5. The van der Waals surface area contributed by atoms with Crippen LogP contribution in [0.1, 0.15) is 53.1 Å². The van der Waals surface area contributed by atoms with Crippen LogP contribution in [0.2, 0.25) is 0 Å². The van der Waals surface area contributed by atoms with Crippen molar-refractivity contribution in [1.29, 1.82) is 0 Å². The molecule has 11 heteroatoms. The molecule has 0 spiro atoms. The first-order valence-corrected chi connectivity index (χ1v) is 17.2. The summed E-state index contributed by atoms with van der Waals surface area (Å²) in [5.41, 5.74) is 6.03. The van der Waals surface area contributed by atoms with Crippen LogP contribution in [0.15, 0.2) is 90.0 Å². The molecule has 0 fully saturated rings. The highest BCUT2D eigenvalue weighted by Crippen LogP contribution is 2.27. The van der Waals surface area contributed by atoms with Crippen LogP contribution in [-0.4, -0.2) is 46.6 Å². The number of fused-ring (bicyclic) bond motifs is 1. The highest BCUT2D eigenvalue weighted by Gasteiger charge is 2.22. The van der Waals surface area contributed by atoms with E-state index in [4.69, 9.17) is 4.98 Å². The number of nitrogens with one attached hydrogen (secondary N) is 2. The number of pyridine rings is 1. The van der Waals surface area contributed by atoms with E-state index in [1.165, 1.54) is 6.07 Å². The average molecular weight is 656 g/mol. The van der Waals surface area contributed by atoms with Crippen molar-refractivity contribution in [3.8, 4) is 11.3 Å². The Morgan fingerprint density at radius 2 is 1.72 bits per heavy atom. The molecule has 238 valence electrons. The normalized spacial score (nSPS) is 12.2. The molecule has 0 aliphatic carbocycles. The SMILES string of the molecule is CCCc1nc2c(C)cc(C(=O)N[C@@H](CS)Cc3ccccc3)cc2n1Cc1ccc(-c2ccccc2S(=O)(=O)NC(C)=O)nc1. The van der Waals surface area contributed by atoms with E-state index in [-0.39, 0.29) is 16.8 Å². The van der Waals surface area contributed by atoms with Gasteiger partial charge in [-0.15, -0.1) is 0 Å². The number of amides is 2. The second kappa shape index (κ2) is 14.3. The second-order valence-electron chi connectivity index (χ2n) is 11.3. The fourth-order valence-electron chi connectivity index (χ4n) is 5.51. The minimum atomic E-state index is -4.06. The van der Waals surface area contributed by atoms with Gasteiger partial charge in [0.15, 0.2) is 0 Å². The lowest BCUT2D eigenvalue weighted by atomic mass is 10.1. The Labute approximate surface area is 274 Å². The molecule has 0 radical (unpaired) electrons. The lowest BCUT2D eigenvalue weighted by Crippen LogP contribution is -2.37. The molecule has 9 nitrogen and oxygen atoms in total. The average Bonchev–Trinajstić information content (AvgIpc) is 3.38. The van der Waals surface area contributed by atoms with Crippen molar-refractivity contribution >= 4 is 45.5 Å². The zero-order chi connectivity index (χ0) is 32.8. The van der Waals surface area contributed by atoms with E-state index < -0.39 is 15.9 Å². The highest BCUT2D eigenvalue weighted by molar-refractivity contribution is 7.90. The molecule has 2 aromatic heterocycles. The molecule has 2 amide bonds. The van der Waals surface area contributed by atoms with Crippen LogP contribution in [0.5, 0.6) is 0 Å². The molecular weight excluding hydrogens is 619 g/mol. The number of thiol groups is 1. The monoisotopic (exact) mass is 655 g/mol. The van der Waals surface area contributed by atoms with Crippen LogP contribution >= 0.6 is 12.6 Å². The Hall–Kier alpha value is -4.48. The summed E-state index contributed by atoms with van der Waals surface area (Å²) in [5, 5.41) is 3.15. The Bertz CT molecular complexity index is 1970. The third-order valence-electron chi connectivity index (χ3n) is 7.64. The molecule has 1 atom stereocenters. The number of hydrogen-bond acceptors (Lipinski definition) is 7. The van der Waals surface area contributed by atoms with Gasteiger partial charge in [0.25, 0.3) is 15.9 Å². The minimum Gasteiger partial charge on any atom is -0.348 e. The summed E-state index contributed by atoms with van der Waals surface area (Å²) < 4.78 is 29.7. The summed E-state index contributed by atoms with van der Waals surface area (Å²) in [6.07, 6.45) is 4.05. The summed E-state index contributed by atoms with van der Waals surface area (Å²) in [4.78, 5) is 34.5. The topological polar surface area (TPSA) is 123 Å². The maximum Gasteiger partial charge on any atom is 0.264 e. The molecular formula is C35H37N5O4S2. The molecule has 3 aromatic carbocycles. The maximum atomic E-state index is 13.5. The molecule has 0 unspecified atom stereocenters. The van der Waals surface area contributed by atoms with Crippen molar-refractivity contribution < 1.29 is 18.0 Å². The van der Waals surface area contributed by atoms with Crippen LogP contribution in [-0.2, 0) is 34.2 Å². The van der Waals surface area contributed by atoms with Crippen molar-refractivity contribution in [2.45, 2.75) is 57.5 Å². The van der Waals surface area contributed by atoms with Crippen molar-refractivity contribution in [1.82, 2.24) is 24.6 Å². The van der Waals surface area contributed by atoms with E-state index in [9.17, 15) is 18.0 Å². The molecule has 0 saturated heterocycles. The molecule has 5 aromatic rings. The van der Waals surface area contributed by atoms with E-state index in [2.05, 4.69) is 34.4 Å². The minimum absolute atomic E-state index is 0.0264. The number of benzene rings is 3. The van der Waals surface area contributed by atoms with Crippen LogP contribution in [0.3, 0.4) is 0 Å². The fourth-order valence-corrected chi connectivity index (χ4v) is 6.94. The van der Waals surface area contributed by atoms with Gasteiger partial charge in [-0.05, 0) is 60.7 Å². The van der Waals surface area contributed by atoms with Crippen LogP contribution < -0.4 is 10.0 Å². The van der Waals surface area contributed by atoms with Gasteiger partial charge >= 0.3 is 0 Å². The Kier molecular flexibility index (Phi) is 10.2. The van der Waals surface area contributed by atoms with E-state index in [0.717, 1.165) is 53.3 Å². The van der Waals surface area contributed by atoms with Gasteiger partial charge < -0.3 is 9.88 Å². The zero-order valence-electron chi connectivity index (χ0n) is 26.0. The summed E-state index contributed by atoms with van der Waals surface area (Å²) >= 11 is 4.49. The van der Waals surface area contributed by atoms with Crippen LogP contribution in [0.25, 0.3) is 22.3 Å². The van der Waals surface area contributed by atoms with Gasteiger partial charge in [0, 0.05) is 42.5 Å². The van der Waals surface area contributed by atoms with Gasteiger partial charge in [-0.2, -0.15) is 12.6 Å². The smallest absolute Gasteiger partial charge is 0.264 e. The summed E-state index contributed by atoms with van der Waals surface area (Å²) in [5.74, 6) is 0.584. The van der Waals surface area contributed by atoms with E-state index >= 15 is 0 Å². The number of aromatic nitrogens is 3. The third kappa shape index (κ3) is 7.48.